The average molecular weight is 350 g/mol. The van der Waals surface area contributed by atoms with Crippen LogP contribution in [0.5, 0.6) is 0 Å². The molecule has 0 aliphatic heterocycles. The van der Waals surface area contributed by atoms with Crippen LogP contribution in [0.1, 0.15) is 12.1 Å². The number of thiocarbonyl (C=S) groups is 1. The van der Waals surface area contributed by atoms with E-state index in [0.29, 0.717) is 15.8 Å². The van der Waals surface area contributed by atoms with E-state index < -0.39 is 0 Å². The van der Waals surface area contributed by atoms with Crippen molar-refractivity contribution in [2.75, 3.05) is 11.1 Å². The van der Waals surface area contributed by atoms with Crippen LogP contribution >= 0.6 is 24.0 Å². The van der Waals surface area contributed by atoms with E-state index in [4.69, 9.17) is 18.0 Å². The molecule has 0 bridgehead atoms. The van der Waals surface area contributed by atoms with Gasteiger partial charge >= 0.3 is 0 Å². The third-order valence-electron chi connectivity index (χ3n) is 3.36. The fourth-order valence-corrected chi connectivity index (χ4v) is 3.11. The smallest absolute Gasteiger partial charge is 0.295 e. The molecule has 0 unspecified atom stereocenters. The summed E-state index contributed by atoms with van der Waals surface area (Å²) in [4.78, 5) is 23.4. The van der Waals surface area contributed by atoms with Crippen LogP contribution in [0, 0.1) is 6.92 Å². The molecule has 1 amide bonds. The molecular weight excluding hydrogens is 332 g/mol. The van der Waals surface area contributed by atoms with E-state index in [1.807, 2.05) is 44.3 Å². The van der Waals surface area contributed by atoms with Crippen LogP contribution in [0.4, 0.5) is 5.69 Å². The molecule has 23 heavy (non-hydrogen) atoms. The lowest BCUT2D eigenvalue weighted by Gasteiger charge is -2.07. The van der Waals surface area contributed by atoms with E-state index in [9.17, 15) is 9.59 Å². The van der Waals surface area contributed by atoms with Gasteiger partial charge in [0.2, 0.25) is 5.91 Å². The number of primary amides is 1. The molecule has 1 aromatic carbocycles. The predicted octanol–water partition coefficient (Wildman–Crippen LogP) is 1.79. The zero-order valence-corrected chi connectivity index (χ0v) is 14.5. The van der Waals surface area contributed by atoms with Crippen LogP contribution in [-0.4, -0.2) is 25.3 Å². The number of nitrogens with one attached hydrogen (secondary N) is 1. The molecule has 0 aliphatic rings. The van der Waals surface area contributed by atoms with E-state index >= 15 is 0 Å². The van der Waals surface area contributed by atoms with E-state index in [1.165, 1.54) is 11.8 Å². The van der Waals surface area contributed by atoms with Crippen molar-refractivity contribution in [2.45, 2.75) is 13.3 Å². The van der Waals surface area contributed by atoms with Crippen LogP contribution in [0.3, 0.4) is 0 Å². The SMILES string of the molecule is Cc1c(NC(=S)SCCC(N)=O)c(=O)n(-c2ccccc2)n1C. The minimum Gasteiger partial charge on any atom is -0.370 e. The molecule has 2 rings (SSSR count). The van der Waals surface area contributed by atoms with Crippen LogP contribution in [0.2, 0.25) is 0 Å². The number of carbonyl (C=O) groups is 1. The third kappa shape index (κ3) is 4.02. The Balaban J connectivity index is 2.23. The minimum atomic E-state index is -0.373. The lowest BCUT2D eigenvalue weighted by atomic mass is 10.3. The van der Waals surface area contributed by atoms with Gasteiger partial charge in [0.15, 0.2) is 0 Å². The number of benzene rings is 1. The van der Waals surface area contributed by atoms with Crippen LogP contribution in [0.15, 0.2) is 35.1 Å². The van der Waals surface area contributed by atoms with Crippen molar-refractivity contribution >= 4 is 39.9 Å². The predicted molar refractivity (Wildman–Crippen MR) is 98.2 cm³/mol. The monoisotopic (exact) mass is 350 g/mol. The summed E-state index contributed by atoms with van der Waals surface area (Å²) >= 11 is 6.51. The first-order valence-corrected chi connectivity index (χ1v) is 8.37. The zero-order valence-electron chi connectivity index (χ0n) is 12.9. The van der Waals surface area contributed by atoms with Gasteiger partial charge in [0, 0.05) is 19.2 Å². The molecule has 0 saturated carbocycles. The molecule has 0 radical (unpaired) electrons. The standard InChI is InChI=1S/C15H18N4O2S2/c1-10-13(17-15(22)23-9-8-12(16)20)14(21)19(18(10)2)11-6-4-3-5-7-11/h3-7H,8-9H2,1-2H3,(H2,16,20)(H,17,22). The summed E-state index contributed by atoms with van der Waals surface area (Å²) in [7, 11) is 1.82. The number of rotatable bonds is 5. The summed E-state index contributed by atoms with van der Waals surface area (Å²) < 4.78 is 3.79. The first-order valence-electron chi connectivity index (χ1n) is 6.98. The van der Waals surface area contributed by atoms with Crippen molar-refractivity contribution in [2.24, 2.45) is 12.8 Å². The lowest BCUT2D eigenvalue weighted by Crippen LogP contribution is -2.22. The Hall–Kier alpha value is -2.06. The first-order chi connectivity index (χ1) is 10.9. The molecule has 1 heterocycles. The van der Waals surface area contributed by atoms with E-state index in [0.717, 1.165) is 11.4 Å². The molecule has 0 spiro atoms. The van der Waals surface area contributed by atoms with Crippen molar-refractivity contribution in [3.8, 4) is 5.69 Å². The van der Waals surface area contributed by atoms with Crippen LogP contribution in [-0.2, 0) is 11.8 Å². The summed E-state index contributed by atoms with van der Waals surface area (Å²) in [5.41, 5.74) is 6.92. The molecule has 0 aliphatic carbocycles. The topological polar surface area (TPSA) is 82.1 Å². The number of nitrogens with zero attached hydrogens (tertiary/aromatic N) is 2. The minimum absolute atomic E-state index is 0.172. The van der Waals surface area contributed by atoms with Crippen LogP contribution < -0.4 is 16.6 Å². The number of para-hydroxylation sites is 1. The van der Waals surface area contributed by atoms with Crippen molar-refractivity contribution < 1.29 is 4.79 Å². The number of hydrogen-bond donors (Lipinski definition) is 2. The van der Waals surface area contributed by atoms with Gasteiger partial charge in [0.25, 0.3) is 5.56 Å². The maximum absolute atomic E-state index is 12.7. The highest BCUT2D eigenvalue weighted by atomic mass is 32.2. The van der Waals surface area contributed by atoms with Crippen LogP contribution in [0.25, 0.3) is 5.69 Å². The molecule has 8 heteroatoms. The Morgan fingerprint density at radius 2 is 2.00 bits per heavy atom. The number of amides is 1. The molecular formula is C15H18N4O2S2. The summed E-state index contributed by atoms with van der Waals surface area (Å²) in [6, 6.07) is 9.38. The number of nitrogens with two attached hydrogens (primary N) is 1. The summed E-state index contributed by atoms with van der Waals surface area (Å²) in [5.74, 6) is 0.113. The third-order valence-corrected chi connectivity index (χ3v) is 4.59. The van der Waals surface area contributed by atoms with Gasteiger partial charge in [-0.1, -0.05) is 42.2 Å². The first kappa shape index (κ1) is 17.3. The second-order valence-corrected chi connectivity index (χ2v) is 6.69. The number of anilines is 1. The Morgan fingerprint density at radius 1 is 1.35 bits per heavy atom. The van der Waals surface area contributed by atoms with Gasteiger partial charge in [-0.15, -0.1) is 0 Å². The highest BCUT2D eigenvalue weighted by Crippen LogP contribution is 2.16. The molecule has 3 N–H and O–H groups in total. The maximum Gasteiger partial charge on any atom is 0.295 e. The summed E-state index contributed by atoms with van der Waals surface area (Å²) in [6.07, 6.45) is 0.245. The molecule has 6 nitrogen and oxygen atoms in total. The Labute approximate surface area is 143 Å². The lowest BCUT2D eigenvalue weighted by molar-refractivity contribution is -0.117. The number of hydrogen-bond acceptors (Lipinski definition) is 4. The summed E-state index contributed by atoms with van der Waals surface area (Å²) in [5, 5.41) is 2.97. The molecule has 122 valence electrons. The molecule has 0 fully saturated rings. The molecule has 0 saturated heterocycles. The molecule has 2 aromatic rings. The number of thioether (sulfide) groups is 1. The van der Waals surface area contributed by atoms with Gasteiger partial charge < -0.3 is 11.1 Å². The van der Waals surface area contributed by atoms with Crippen molar-refractivity contribution in [1.82, 2.24) is 9.36 Å². The highest BCUT2D eigenvalue weighted by molar-refractivity contribution is 8.23. The van der Waals surface area contributed by atoms with Gasteiger partial charge in [-0.2, -0.15) is 0 Å². The van der Waals surface area contributed by atoms with Crippen molar-refractivity contribution in [3.05, 3.63) is 46.4 Å². The van der Waals surface area contributed by atoms with E-state index in [1.54, 1.807) is 9.36 Å². The number of carbonyl (C=O) groups excluding carboxylic acids is 1. The van der Waals surface area contributed by atoms with Gasteiger partial charge in [0.1, 0.15) is 10.0 Å². The van der Waals surface area contributed by atoms with Crippen molar-refractivity contribution in [3.63, 3.8) is 0 Å². The maximum atomic E-state index is 12.7. The normalized spacial score (nSPS) is 10.5. The average Bonchev–Trinajstić information content (AvgIpc) is 2.71. The quantitative estimate of drug-likeness (QED) is 0.804. The van der Waals surface area contributed by atoms with Crippen molar-refractivity contribution in [1.29, 1.82) is 0 Å². The van der Waals surface area contributed by atoms with E-state index in [2.05, 4.69) is 5.32 Å². The fraction of sp³-hybridized carbons (Fsp3) is 0.267. The van der Waals surface area contributed by atoms with Gasteiger partial charge in [-0.05, 0) is 19.1 Å². The Morgan fingerprint density at radius 3 is 2.61 bits per heavy atom. The second kappa shape index (κ2) is 7.47. The fourth-order valence-electron chi connectivity index (χ4n) is 2.09. The zero-order chi connectivity index (χ0) is 17.0. The van der Waals surface area contributed by atoms with Gasteiger partial charge in [-0.25, -0.2) is 4.68 Å². The molecule has 1 aromatic heterocycles. The highest BCUT2D eigenvalue weighted by Gasteiger charge is 2.17. The second-order valence-electron chi connectivity index (χ2n) is 4.91. The molecule has 0 atom stereocenters. The number of aromatic nitrogens is 2. The van der Waals surface area contributed by atoms with Gasteiger partial charge in [0.05, 0.1) is 11.4 Å². The Kier molecular flexibility index (Phi) is 5.62. The summed E-state index contributed by atoms with van der Waals surface area (Å²) in [6.45, 7) is 1.85. The van der Waals surface area contributed by atoms with E-state index in [-0.39, 0.29) is 17.9 Å². The van der Waals surface area contributed by atoms with Gasteiger partial charge in [-0.3, -0.25) is 14.3 Å². The Bertz CT molecular complexity index is 781. The largest absolute Gasteiger partial charge is 0.370 e.